The smallest absolute Gasteiger partial charge is 0.134 e. The maximum atomic E-state index is 9.89. The summed E-state index contributed by atoms with van der Waals surface area (Å²) in [5.41, 5.74) is 0.950. The Balaban J connectivity index is 1.61. The van der Waals surface area contributed by atoms with Crippen LogP contribution < -0.4 is 5.32 Å². The molecule has 2 N–H and O–H groups in total. The number of aromatic hydroxyl groups is 1. The van der Waals surface area contributed by atoms with Crippen molar-refractivity contribution in [2.45, 2.75) is 32.7 Å². The van der Waals surface area contributed by atoms with Gasteiger partial charge in [-0.1, -0.05) is 19.1 Å². The lowest BCUT2D eigenvalue weighted by atomic mass is 9.99. The van der Waals surface area contributed by atoms with Gasteiger partial charge >= 0.3 is 0 Å². The number of nitrogens with zero attached hydrogens (tertiary/aromatic N) is 1. The van der Waals surface area contributed by atoms with E-state index in [1.807, 2.05) is 18.2 Å². The second-order valence-electron chi connectivity index (χ2n) is 5.80. The summed E-state index contributed by atoms with van der Waals surface area (Å²) < 4.78 is 0.763. The molecule has 20 heavy (non-hydrogen) atoms. The number of piperidine rings is 1. The number of likely N-dealkylation sites (tertiary alicyclic amines) is 1. The van der Waals surface area contributed by atoms with E-state index in [0.717, 1.165) is 29.0 Å². The largest absolute Gasteiger partial charge is 0.506 e. The number of hydrogen-bond acceptors (Lipinski definition) is 3. The summed E-state index contributed by atoms with van der Waals surface area (Å²) in [7, 11) is 0. The van der Waals surface area contributed by atoms with Crippen molar-refractivity contribution in [3.63, 3.8) is 0 Å². The molecular weight excluding hydrogens is 316 g/mol. The highest BCUT2D eigenvalue weighted by Crippen LogP contribution is 2.27. The summed E-state index contributed by atoms with van der Waals surface area (Å²) in [6.07, 6.45) is 3.86. The molecule has 0 saturated carbocycles. The van der Waals surface area contributed by atoms with Crippen LogP contribution in [-0.2, 0) is 6.54 Å². The summed E-state index contributed by atoms with van der Waals surface area (Å²) in [6, 6.07) is 5.77. The van der Waals surface area contributed by atoms with Crippen molar-refractivity contribution in [2.75, 3.05) is 26.2 Å². The van der Waals surface area contributed by atoms with E-state index in [1.165, 1.54) is 38.9 Å². The van der Waals surface area contributed by atoms with E-state index in [2.05, 4.69) is 33.1 Å². The van der Waals surface area contributed by atoms with Gasteiger partial charge in [0.2, 0.25) is 0 Å². The summed E-state index contributed by atoms with van der Waals surface area (Å²) in [6.45, 7) is 7.77. The predicted octanol–water partition coefficient (Wildman–Crippen LogP) is 3.37. The van der Waals surface area contributed by atoms with Crippen LogP contribution in [0.2, 0.25) is 0 Å². The molecule has 0 spiro atoms. The van der Waals surface area contributed by atoms with Gasteiger partial charge in [-0.05, 0) is 73.4 Å². The highest BCUT2D eigenvalue weighted by atomic mass is 79.9. The van der Waals surface area contributed by atoms with Crippen LogP contribution in [0.15, 0.2) is 22.7 Å². The number of rotatable bonds is 6. The second-order valence-corrected chi connectivity index (χ2v) is 6.66. The molecule has 112 valence electrons. The van der Waals surface area contributed by atoms with E-state index in [0.29, 0.717) is 5.75 Å². The minimum Gasteiger partial charge on any atom is -0.506 e. The minimum atomic E-state index is 0.352. The van der Waals surface area contributed by atoms with Gasteiger partial charge in [-0.25, -0.2) is 0 Å². The van der Waals surface area contributed by atoms with Gasteiger partial charge in [0, 0.05) is 12.1 Å². The van der Waals surface area contributed by atoms with Crippen molar-refractivity contribution in [3.05, 3.63) is 28.2 Å². The molecule has 0 aromatic heterocycles. The molecule has 1 aromatic rings. The zero-order valence-corrected chi connectivity index (χ0v) is 13.8. The van der Waals surface area contributed by atoms with Crippen LogP contribution in [0.3, 0.4) is 0 Å². The van der Waals surface area contributed by atoms with Gasteiger partial charge in [0.05, 0.1) is 4.47 Å². The topological polar surface area (TPSA) is 35.5 Å². The van der Waals surface area contributed by atoms with E-state index >= 15 is 0 Å². The average molecular weight is 341 g/mol. The standard InChI is InChI=1S/C16H25BrN2O/c1-13-6-10-19(11-7-13)9-3-8-18-12-14-4-2-5-15(17)16(14)20/h2,4-5,13,18,20H,3,6-12H2,1H3. The molecule has 2 rings (SSSR count). The normalized spacial score (nSPS) is 17.5. The number of nitrogens with one attached hydrogen (secondary N) is 1. The quantitative estimate of drug-likeness (QED) is 0.779. The first-order chi connectivity index (χ1) is 9.66. The highest BCUT2D eigenvalue weighted by Gasteiger charge is 2.14. The van der Waals surface area contributed by atoms with E-state index in [4.69, 9.17) is 0 Å². The molecule has 1 fully saturated rings. The summed E-state index contributed by atoms with van der Waals surface area (Å²) in [5.74, 6) is 1.26. The van der Waals surface area contributed by atoms with Gasteiger partial charge in [0.15, 0.2) is 0 Å². The lowest BCUT2D eigenvalue weighted by Gasteiger charge is -2.30. The Morgan fingerprint density at radius 3 is 2.85 bits per heavy atom. The zero-order valence-electron chi connectivity index (χ0n) is 12.2. The van der Waals surface area contributed by atoms with Crippen molar-refractivity contribution in [1.29, 1.82) is 0 Å². The number of para-hydroxylation sites is 1. The van der Waals surface area contributed by atoms with Gasteiger partial charge in [-0.2, -0.15) is 0 Å². The van der Waals surface area contributed by atoms with E-state index in [1.54, 1.807) is 0 Å². The average Bonchev–Trinajstić information content (AvgIpc) is 2.45. The molecule has 1 aromatic carbocycles. The third-order valence-corrected chi connectivity index (χ3v) is 4.73. The Morgan fingerprint density at radius 2 is 2.10 bits per heavy atom. The molecule has 0 amide bonds. The Kier molecular flexibility index (Phi) is 6.33. The van der Waals surface area contributed by atoms with Crippen molar-refractivity contribution in [3.8, 4) is 5.75 Å². The van der Waals surface area contributed by atoms with Crippen LogP contribution in [0.5, 0.6) is 5.75 Å². The third-order valence-electron chi connectivity index (χ3n) is 4.09. The fraction of sp³-hybridized carbons (Fsp3) is 0.625. The molecule has 1 heterocycles. The lowest BCUT2D eigenvalue weighted by Crippen LogP contribution is -2.34. The molecule has 0 unspecified atom stereocenters. The number of halogens is 1. The fourth-order valence-electron chi connectivity index (χ4n) is 2.64. The molecule has 0 bridgehead atoms. The molecule has 1 aliphatic heterocycles. The van der Waals surface area contributed by atoms with Crippen LogP contribution in [0, 0.1) is 5.92 Å². The van der Waals surface area contributed by atoms with Crippen molar-refractivity contribution in [1.82, 2.24) is 10.2 Å². The van der Waals surface area contributed by atoms with Crippen LogP contribution >= 0.6 is 15.9 Å². The van der Waals surface area contributed by atoms with Gasteiger partial charge in [-0.3, -0.25) is 0 Å². The minimum absolute atomic E-state index is 0.352. The van der Waals surface area contributed by atoms with Crippen molar-refractivity contribution >= 4 is 15.9 Å². The second kappa shape index (κ2) is 8.01. The van der Waals surface area contributed by atoms with E-state index < -0.39 is 0 Å². The molecular formula is C16H25BrN2O. The van der Waals surface area contributed by atoms with Gasteiger partial charge < -0.3 is 15.3 Å². The van der Waals surface area contributed by atoms with Crippen molar-refractivity contribution in [2.24, 2.45) is 5.92 Å². The van der Waals surface area contributed by atoms with Gasteiger partial charge in [0.1, 0.15) is 5.75 Å². The first-order valence-corrected chi connectivity index (χ1v) is 8.35. The SMILES string of the molecule is CC1CCN(CCCNCc2cccc(Br)c2O)CC1. The summed E-state index contributed by atoms with van der Waals surface area (Å²) >= 11 is 3.34. The summed E-state index contributed by atoms with van der Waals surface area (Å²) in [4.78, 5) is 2.57. The Hall–Kier alpha value is -0.580. The molecule has 4 heteroatoms. The number of benzene rings is 1. The lowest BCUT2D eigenvalue weighted by molar-refractivity contribution is 0.190. The van der Waals surface area contributed by atoms with Crippen molar-refractivity contribution < 1.29 is 5.11 Å². The third kappa shape index (κ3) is 4.76. The van der Waals surface area contributed by atoms with E-state index in [-0.39, 0.29) is 0 Å². The fourth-order valence-corrected chi connectivity index (χ4v) is 3.05. The van der Waals surface area contributed by atoms with Crippen LogP contribution in [0.4, 0.5) is 0 Å². The highest BCUT2D eigenvalue weighted by molar-refractivity contribution is 9.10. The molecule has 0 atom stereocenters. The molecule has 1 aliphatic rings. The van der Waals surface area contributed by atoms with E-state index in [9.17, 15) is 5.11 Å². The molecule has 0 radical (unpaired) electrons. The van der Waals surface area contributed by atoms with Gasteiger partial charge in [0.25, 0.3) is 0 Å². The Labute approximate surface area is 130 Å². The number of phenols is 1. The molecule has 1 saturated heterocycles. The maximum Gasteiger partial charge on any atom is 0.134 e. The summed E-state index contributed by atoms with van der Waals surface area (Å²) in [5, 5.41) is 13.3. The monoisotopic (exact) mass is 340 g/mol. The maximum absolute atomic E-state index is 9.89. The number of hydrogen-bond donors (Lipinski definition) is 2. The first-order valence-electron chi connectivity index (χ1n) is 7.56. The predicted molar refractivity (Wildman–Crippen MR) is 87.0 cm³/mol. The van der Waals surface area contributed by atoms with Gasteiger partial charge in [-0.15, -0.1) is 0 Å². The number of phenolic OH excluding ortho intramolecular Hbond substituents is 1. The Bertz CT molecular complexity index is 417. The first kappa shape index (κ1) is 15.8. The zero-order chi connectivity index (χ0) is 14.4. The van der Waals surface area contributed by atoms with Crippen LogP contribution in [0.25, 0.3) is 0 Å². The van der Waals surface area contributed by atoms with Crippen LogP contribution in [-0.4, -0.2) is 36.2 Å². The van der Waals surface area contributed by atoms with Crippen LogP contribution in [0.1, 0.15) is 31.7 Å². The molecule has 0 aliphatic carbocycles. The molecule has 3 nitrogen and oxygen atoms in total. The Morgan fingerprint density at radius 1 is 1.35 bits per heavy atom.